The van der Waals surface area contributed by atoms with Gasteiger partial charge in [-0.1, -0.05) is 12.1 Å². The topological polar surface area (TPSA) is 136 Å². The maximum Gasteiger partial charge on any atom is 0.294 e. The van der Waals surface area contributed by atoms with Crippen molar-refractivity contribution in [3.05, 3.63) is 52.6 Å². The van der Waals surface area contributed by atoms with Gasteiger partial charge in [0.1, 0.15) is 10.6 Å². The Hall–Kier alpha value is -2.65. The summed E-state index contributed by atoms with van der Waals surface area (Å²) in [6, 6.07) is 9.65. The van der Waals surface area contributed by atoms with E-state index < -0.39 is 25.6 Å². The minimum absolute atomic E-state index is 0.0605. The van der Waals surface area contributed by atoms with Crippen LogP contribution in [0.5, 0.6) is 0 Å². The molecule has 21 heavy (non-hydrogen) atoms. The molecule has 2 aromatic rings. The van der Waals surface area contributed by atoms with E-state index in [1.54, 1.807) is 24.3 Å². The molecule has 0 fully saturated rings. The van der Waals surface area contributed by atoms with Crippen molar-refractivity contribution < 1.29 is 17.9 Å². The second kappa shape index (κ2) is 5.38. The van der Waals surface area contributed by atoms with Crippen molar-refractivity contribution >= 4 is 32.9 Å². The van der Waals surface area contributed by atoms with Gasteiger partial charge in [-0.2, -0.15) is 8.42 Å². The third-order valence-corrected chi connectivity index (χ3v) is 3.54. The van der Waals surface area contributed by atoms with Crippen LogP contribution in [-0.2, 0) is 10.1 Å². The molecule has 0 aliphatic heterocycles. The predicted octanol–water partition coefficient (Wildman–Crippen LogP) is 2.17. The second-order valence-corrected chi connectivity index (χ2v) is 5.54. The number of nitro benzene ring substituents is 1. The molecule has 0 aliphatic rings. The Balaban J connectivity index is 2.50. The molecule has 0 spiro atoms. The molecule has 0 heterocycles. The summed E-state index contributed by atoms with van der Waals surface area (Å²) >= 11 is 0. The molecular weight excluding hydrogens is 298 g/mol. The Bertz CT molecular complexity index is 804. The third-order valence-electron chi connectivity index (χ3n) is 2.69. The Morgan fingerprint density at radius 3 is 2.38 bits per heavy atom. The average Bonchev–Trinajstić information content (AvgIpc) is 2.40. The lowest BCUT2D eigenvalue weighted by molar-refractivity contribution is -0.384. The molecule has 2 rings (SSSR count). The summed E-state index contributed by atoms with van der Waals surface area (Å²) in [5.41, 5.74) is 6.12. The number of rotatable bonds is 4. The van der Waals surface area contributed by atoms with Crippen LogP contribution in [0, 0.1) is 10.1 Å². The number of nitrogens with zero attached hydrogens (tertiary/aromatic N) is 1. The van der Waals surface area contributed by atoms with Crippen molar-refractivity contribution in [3.63, 3.8) is 0 Å². The first kappa shape index (κ1) is 14.8. The SMILES string of the molecule is Nc1ccccc1Nc1ccc(S(=O)(=O)O)cc1[N+](=O)[O-]. The standard InChI is InChI=1S/C12H11N3O5S/c13-9-3-1-2-4-10(9)14-11-6-5-8(21(18,19)20)7-12(11)15(16)17/h1-7,14H,13H2,(H,18,19,20). The highest BCUT2D eigenvalue weighted by Gasteiger charge is 2.20. The van der Waals surface area contributed by atoms with Crippen molar-refractivity contribution in [2.75, 3.05) is 11.1 Å². The van der Waals surface area contributed by atoms with Gasteiger partial charge in [0.2, 0.25) is 0 Å². The van der Waals surface area contributed by atoms with E-state index in [0.29, 0.717) is 11.4 Å². The van der Waals surface area contributed by atoms with Gasteiger partial charge in [-0.25, -0.2) is 0 Å². The number of para-hydroxylation sites is 2. The van der Waals surface area contributed by atoms with E-state index in [2.05, 4.69) is 5.32 Å². The molecule has 8 nitrogen and oxygen atoms in total. The summed E-state index contributed by atoms with van der Waals surface area (Å²) in [6.07, 6.45) is 0. The summed E-state index contributed by atoms with van der Waals surface area (Å²) < 4.78 is 31.0. The molecule has 0 amide bonds. The summed E-state index contributed by atoms with van der Waals surface area (Å²) in [4.78, 5) is 9.73. The summed E-state index contributed by atoms with van der Waals surface area (Å²) in [7, 11) is -4.51. The van der Waals surface area contributed by atoms with Crippen LogP contribution in [-0.4, -0.2) is 17.9 Å². The lowest BCUT2D eigenvalue weighted by Gasteiger charge is -2.10. The van der Waals surface area contributed by atoms with Crippen LogP contribution < -0.4 is 11.1 Å². The highest BCUT2D eigenvalue weighted by atomic mass is 32.2. The third kappa shape index (κ3) is 3.27. The van der Waals surface area contributed by atoms with Crippen LogP contribution >= 0.6 is 0 Å². The first-order chi connectivity index (χ1) is 9.79. The van der Waals surface area contributed by atoms with Gasteiger partial charge in [0, 0.05) is 6.07 Å². The second-order valence-electron chi connectivity index (χ2n) is 4.12. The van der Waals surface area contributed by atoms with Crippen LogP contribution in [0.2, 0.25) is 0 Å². The maximum absolute atomic E-state index is 11.0. The largest absolute Gasteiger partial charge is 0.397 e. The lowest BCUT2D eigenvalue weighted by atomic mass is 10.2. The van der Waals surface area contributed by atoms with Crippen molar-refractivity contribution in [3.8, 4) is 0 Å². The van der Waals surface area contributed by atoms with Crippen molar-refractivity contribution in [1.29, 1.82) is 0 Å². The fourth-order valence-corrected chi connectivity index (χ4v) is 2.19. The number of hydrogen-bond acceptors (Lipinski definition) is 6. The van der Waals surface area contributed by atoms with Crippen LogP contribution in [0.25, 0.3) is 0 Å². The Labute approximate surface area is 120 Å². The molecule has 2 aromatic carbocycles. The van der Waals surface area contributed by atoms with E-state index in [4.69, 9.17) is 10.3 Å². The van der Waals surface area contributed by atoms with Gasteiger partial charge in [0.25, 0.3) is 15.8 Å². The zero-order valence-electron chi connectivity index (χ0n) is 10.6. The number of nitrogen functional groups attached to an aromatic ring is 1. The number of hydrogen-bond donors (Lipinski definition) is 3. The van der Waals surface area contributed by atoms with E-state index in [9.17, 15) is 18.5 Å². The minimum Gasteiger partial charge on any atom is -0.397 e. The average molecular weight is 309 g/mol. The molecular formula is C12H11N3O5S. The molecule has 0 aromatic heterocycles. The highest BCUT2D eigenvalue weighted by molar-refractivity contribution is 7.85. The van der Waals surface area contributed by atoms with E-state index in [0.717, 1.165) is 12.1 Å². The van der Waals surface area contributed by atoms with Crippen LogP contribution in [0.3, 0.4) is 0 Å². The highest BCUT2D eigenvalue weighted by Crippen LogP contribution is 2.31. The fraction of sp³-hybridized carbons (Fsp3) is 0. The van der Waals surface area contributed by atoms with Crippen molar-refractivity contribution in [2.45, 2.75) is 4.90 Å². The maximum atomic E-state index is 11.0. The molecule has 0 saturated heterocycles. The number of benzene rings is 2. The van der Waals surface area contributed by atoms with E-state index >= 15 is 0 Å². The Morgan fingerprint density at radius 1 is 1.14 bits per heavy atom. The van der Waals surface area contributed by atoms with Crippen molar-refractivity contribution in [2.24, 2.45) is 0 Å². The smallest absolute Gasteiger partial charge is 0.294 e. The quantitative estimate of drug-likeness (QED) is 0.341. The number of anilines is 3. The van der Waals surface area contributed by atoms with Crippen LogP contribution in [0.15, 0.2) is 47.4 Å². The minimum atomic E-state index is -4.51. The fourth-order valence-electron chi connectivity index (χ4n) is 1.68. The number of nitro groups is 1. The normalized spacial score (nSPS) is 11.1. The molecule has 0 saturated carbocycles. The lowest BCUT2D eigenvalue weighted by Crippen LogP contribution is -2.03. The summed E-state index contributed by atoms with van der Waals surface area (Å²) in [6.45, 7) is 0. The molecule has 9 heteroatoms. The molecule has 0 atom stereocenters. The molecule has 0 aliphatic carbocycles. The zero-order chi connectivity index (χ0) is 15.6. The van der Waals surface area contributed by atoms with Crippen molar-refractivity contribution in [1.82, 2.24) is 0 Å². The number of nitrogens with one attached hydrogen (secondary N) is 1. The molecule has 0 radical (unpaired) electrons. The molecule has 4 N–H and O–H groups in total. The number of nitrogens with two attached hydrogens (primary N) is 1. The monoisotopic (exact) mass is 309 g/mol. The molecule has 110 valence electrons. The van der Waals surface area contributed by atoms with Crippen LogP contribution in [0.1, 0.15) is 0 Å². The zero-order valence-corrected chi connectivity index (χ0v) is 11.4. The van der Waals surface area contributed by atoms with Gasteiger partial charge in [0.15, 0.2) is 0 Å². The molecule has 0 bridgehead atoms. The van der Waals surface area contributed by atoms with Gasteiger partial charge in [0.05, 0.1) is 16.3 Å². The van der Waals surface area contributed by atoms with E-state index in [1.807, 2.05) is 0 Å². The van der Waals surface area contributed by atoms with E-state index in [-0.39, 0.29) is 5.69 Å². The van der Waals surface area contributed by atoms with E-state index in [1.165, 1.54) is 6.07 Å². The van der Waals surface area contributed by atoms with Gasteiger partial charge < -0.3 is 11.1 Å². The predicted molar refractivity (Wildman–Crippen MR) is 77.0 cm³/mol. The summed E-state index contributed by atoms with van der Waals surface area (Å²) in [5, 5.41) is 13.8. The Morgan fingerprint density at radius 2 is 1.81 bits per heavy atom. The van der Waals surface area contributed by atoms with Gasteiger partial charge in [-0.05, 0) is 24.3 Å². The first-order valence-corrected chi connectivity index (χ1v) is 7.10. The first-order valence-electron chi connectivity index (χ1n) is 5.66. The van der Waals surface area contributed by atoms with Gasteiger partial charge in [-0.15, -0.1) is 0 Å². The van der Waals surface area contributed by atoms with Crippen LogP contribution in [0.4, 0.5) is 22.7 Å². The summed E-state index contributed by atoms with van der Waals surface area (Å²) in [5.74, 6) is 0. The van der Waals surface area contributed by atoms with Gasteiger partial charge in [-0.3, -0.25) is 14.7 Å². The van der Waals surface area contributed by atoms with Gasteiger partial charge >= 0.3 is 0 Å². The Kier molecular flexibility index (Phi) is 3.78. The molecule has 0 unspecified atom stereocenters.